The molecule has 3 rings (SSSR count). The van der Waals surface area contributed by atoms with E-state index in [1.54, 1.807) is 19.2 Å². The third-order valence-electron chi connectivity index (χ3n) is 3.00. The number of fused-ring (bicyclic) bond motifs is 1. The molecule has 0 atom stereocenters. The first-order valence-electron chi connectivity index (χ1n) is 6.59. The molecule has 8 nitrogen and oxygen atoms in total. The van der Waals surface area contributed by atoms with Gasteiger partial charge in [0.25, 0.3) is 5.79 Å². The number of cyclic esters (lactones) is 2. The van der Waals surface area contributed by atoms with Crippen LogP contribution in [0.4, 0.5) is 5.69 Å². The number of nitrogens with one attached hydrogen (secondary N) is 1. The number of hydrogen-bond donors (Lipinski definition) is 1. The fourth-order valence-electron chi connectivity index (χ4n) is 2.08. The van der Waals surface area contributed by atoms with Crippen molar-refractivity contribution in [2.75, 3.05) is 5.32 Å². The maximum Gasteiger partial charge on any atom is 0.350 e. The van der Waals surface area contributed by atoms with E-state index in [0.717, 1.165) is 0 Å². The molecular weight excluding hydrogens is 288 g/mol. The topological polar surface area (TPSA) is 95.3 Å². The van der Waals surface area contributed by atoms with Crippen molar-refractivity contribution >= 4 is 28.7 Å². The molecule has 1 saturated heterocycles. The predicted molar refractivity (Wildman–Crippen MR) is 76.5 cm³/mol. The van der Waals surface area contributed by atoms with Gasteiger partial charge in [0, 0.05) is 27.1 Å². The predicted octanol–water partition coefficient (Wildman–Crippen LogP) is 1.10. The molecule has 0 radical (unpaired) electrons. The largest absolute Gasteiger partial charge is 0.419 e. The van der Waals surface area contributed by atoms with Crippen molar-refractivity contribution in [2.45, 2.75) is 19.6 Å². The van der Waals surface area contributed by atoms with Gasteiger partial charge >= 0.3 is 11.9 Å². The van der Waals surface area contributed by atoms with Gasteiger partial charge in [0.2, 0.25) is 0 Å². The van der Waals surface area contributed by atoms with Crippen molar-refractivity contribution in [1.82, 2.24) is 15.0 Å². The monoisotopic (exact) mass is 302 g/mol. The van der Waals surface area contributed by atoms with E-state index in [0.29, 0.717) is 16.7 Å². The normalized spacial score (nSPS) is 17.1. The standard InChI is InChI=1S/C14H14N4O4/c1-14(2)21-12(19)8(13(20)22-14)7-15-9-5-4-6-10-11(9)17-18(3)16-10/h4-7,15H,1-3H3. The van der Waals surface area contributed by atoms with E-state index < -0.39 is 17.7 Å². The Labute approximate surface area is 125 Å². The summed E-state index contributed by atoms with van der Waals surface area (Å²) in [6.07, 6.45) is 1.25. The summed E-state index contributed by atoms with van der Waals surface area (Å²) in [7, 11) is 1.71. The number of esters is 2. The summed E-state index contributed by atoms with van der Waals surface area (Å²) in [5, 5.41) is 11.3. The van der Waals surface area contributed by atoms with Gasteiger partial charge in [-0.1, -0.05) is 6.07 Å². The van der Waals surface area contributed by atoms with Crippen LogP contribution >= 0.6 is 0 Å². The lowest BCUT2D eigenvalue weighted by Gasteiger charge is -2.29. The maximum absolute atomic E-state index is 11.8. The van der Waals surface area contributed by atoms with Crippen molar-refractivity contribution < 1.29 is 19.1 Å². The number of aromatic nitrogens is 3. The number of ether oxygens (including phenoxy) is 2. The average Bonchev–Trinajstić information content (AvgIpc) is 2.77. The fraction of sp³-hybridized carbons (Fsp3) is 0.286. The van der Waals surface area contributed by atoms with E-state index >= 15 is 0 Å². The Morgan fingerprint density at radius 3 is 2.55 bits per heavy atom. The number of rotatable bonds is 2. The van der Waals surface area contributed by atoms with Gasteiger partial charge in [-0.2, -0.15) is 15.0 Å². The first-order chi connectivity index (χ1) is 10.4. The Balaban J connectivity index is 1.90. The SMILES string of the molecule is Cn1nc2cccc(NC=C3C(=O)OC(C)(C)OC3=O)c2n1. The minimum atomic E-state index is -1.25. The van der Waals surface area contributed by atoms with Crippen LogP contribution in [0, 0.1) is 0 Å². The van der Waals surface area contributed by atoms with Gasteiger partial charge in [0.15, 0.2) is 5.57 Å². The van der Waals surface area contributed by atoms with Gasteiger partial charge in [0.05, 0.1) is 5.69 Å². The highest BCUT2D eigenvalue weighted by atomic mass is 16.7. The Bertz CT molecular complexity index is 784. The van der Waals surface area contributed by atoms with Crippen LogP contribution in [0.5, 0.6) is 0 Å². The zero-order valence-corrected chi connectivity index (χ0v) is 12.3. The summed E-state index contributed by atoms with van der Waals surface area (Å²) in [6, 6.07) is 5.36. The van der Waals surface area contributed by atoms with Crippen molar-refractivity contribution in [3.05, 3.63) is 30.0 Å². The fourth-order valence-corrected chi connectivity index (χ4v) is 2.08. The molecule has 0 amide bonds. The van der Waals surface area contributed by atoms with Crippen LogP contribution < -0.4 is 5.32 Å². The zero-order chi connectivity index (χ0) is 15.9. The Morgan fingerprint density at radius 1 is 1.18 bits per heavy atom. The molecule has 8 heteroatoms. The molecule has 1 fully saturated rings. The van der Waals surface area contributed by atoms with E-state index in [1.165, 1.54) is 24.8 Å². The minimum Gasteiger partial charge on any atom is -0.419 e. The summed E-state index contributed by atoms with van der Waals surface area (Å²) in [5.74, 6) is -2.73. The summed E-state index contributed by atoms with van der Waals surface area (Å²) < 4.78 is 10.0. The molecule has 1 aliphatic rings. The summed E-state index contributed by atoms with van der Waals surface area (Å²) in [4.78, 5) is 25.1. The minimum absolute atomic E-state index is 0.208. The molecule has 1 aliphatic heterocycles. The number of nitrogens with zero attached hydrogens (tertiary/aromatic N) is 3. The van der Waals surface area contributed by atoms with Crippen molar-refractivity contribution in [3.8, 4) is 0 Å². The van der Waals surface area contributed by atoms with E-state index in [4.69, 9.17) is 9.47 Å². The van der Waals surface area contributed by atoms with Gasteiger partial charge in [-0.25, -0.2) is 9.59 Å². The summed E-state index contributed by atoms with van der Waals surface area (Å²) >= 11 is 0. The smallest absolute Gasteiger partial charge is 0.350 e. The van der Waals surface area contributed by atoms with Crippen LogP contribution in [-0.2, 0) is 26.1 Å². The van der Waals surface area contributed by atoms with Crippen molar-refractivity contribution in [1.29, 1.82) is 0 Å². The third-order valence-corrected chi connectivity index (χ3v) is 3.00. The van der Waals surface area contributed by atoms with Gasteiger partial charge < -0.3 is 14.8 Å². The second-order valence-electron chi connectivity index (χ2n) is 5.24. The average molecular weight is 302 g/mol. The first kappa shape index (κ1) is 14.1. The molecule has 114 valence electrons. The van der Waals surface area contributed by atoms with E-state index in [9.17, 15) is 9.59 Å². The Morgan fingerprint density at radius 2 is 1.86 bits per heavy atom. The van der Waals surface area contributed by atoms with Crippen LogP contribution in [-0.4, -0.2) is 32.7 Å². The number of carbonyl (C=O) groups is 2. The summed E-state index contributed by atoms with van der Waals surface area (Å²) in [5.41, 5.74) is 1.73. The van der Waals surface area contributed by atoms with Crippen LogP contribution in [0.2, 0.25) is 0 Å². The van der Waals surface area contributed by atoms with Crippen LogP contribution in [0.25, 0.3) is 11.0 Å². The molecule has 0 aliphatic carbocycles. The number of benzene rings is 1. The van der Waals surface area contributed by atoms with E-state index in [2.05, 4.69) is 15.5 Å². The Hall–Kier alpha value is -2.90. The van der Waals surface area contributed by atoms with Crippen LogP contribution in [0.1, 0.15) is 13.8 Å². The second-order valence-corrected chi connectivity index (χ2v) is 5.24. The zero-order valence-electron chi connectivity index (χ0n) is 12.3. The quantitative estimate of drug-likeness (QED) is 0.504. The first-order valence-corrected chi connectivity index (χ1v) is 6.59. The second kappa shape index (κ2) is 4.83. The molecule has 22 heavy (non-hydrogen) atoms. The van der Waals surface area contributed by atoms with Gasteiger partial charge in [0.1, 0.15) is 11.0 Å². The molecular formula is C14H14N4O4. The molecule has 1 aromatic carbocycles. The van der Waals surface area contributed by atoms with Crippen molar-refractivity contribution in [2.24, 2.45) is 7.05 Å². The summed E-state index contributed by atoms with van der Waals surface area (Å²) in [6.45, 7) is 2.99. The highest BCUT2D eigenvalue weighted by Gasteiger charge is 2.38. The third kappa shape index (κ3) is 2.50. The molecule has 0 saturated carbocycles. The van der Waals surface area contributed by atoms with Gasteiger partial charge in [-0.15, -0.1) is 0 Å². The molecule has 1 aromatic heterocycles. The lowest BCUT2D eigenvalue weighted by molar-refractivity contribution is -0.222. The van der Waals surface area contributed by atoms with E-state index in [-0.39, 0.29) is 5.57 Å². The molecule has 0 bridgehead atoms. The van der Waals surface area contributed by atoms with Crippen molar-refractivity contribution in [3.63, 3.8) is 0 Å². The van der Waals surface area contributed by atoms with E-state index in [1.807, 2.05) is 6.07 Å². The number of aryl methyl sites for hydroxylation is 1. The van der Waals surface area contributed by atoms with Gasteiger partial charge in [-0.3, -0.25) is 0 Å². The van der Waals surface area contributed by atoms with Gasteiger partial charge in [-0.05, 0) is 12.1 Å². The number of carbonyl (C=O) groups excluding carboxylic acids is 2. The highest BCUT2D eigenvalue weighted by Crippen LogP contribution is 2.24. The molecule has 2 heterocycles. The van der Waals surface area contributed by atoms with Crippen LogP contribution in [0.15, 0.2) is 30.0 Å². The molecule has 2 aromatic rings. The lowest BCUT2D eigenvalue weighted by atomic mass is 10.2. The Kier molecular flexibility index (Phi) is 3.09. The number of hydrogen-bond acceptors (Lipinski definition) is 7. The lowest BCUT2D eigenvalue weighted by Crippen LogP contribution is -2.42. The highest BCUT2D eigenvalue weighted by molar-refractivity contribution is 6.15. The molecule has 1 N–H and O–H groups in total. The number of anilines is 1. The van der Waals surface area contributed by atoms with Crippen LogP contribution in [0.3, 0.4) is 0 Å². The maximum atomic E-state index is 11.8. The molecule has 0 unspecified atom stereocenters. The molecule has 0 spiro atoms.